The van der Waals surface area contributed by atoms with Crippen molar-refractivity contribution in [3.63, 3.8) is 0 Å². The highest BCUT2D eigenvalue weighted by Gasteiger charge is 2.21. The summed E-state index contributed by atoms with van der Waals surface area (Å²) in [5, 5.41) is 7.31. The van der Waals surface area contributed by atoms with E-state index in [1.54, 1.807) is 24.3 Å². The number of ether oxygens (including phenoxy) is 1. The van der Waals surface area contributed by atoms with E-state index < -0.39 is 6.61 Å². The first-order valence-corrected chi connectivity index (χ1v) is 8.53. The maximum atomic E-state index is 12.1. The lowest BCUT2D eigenvalue weighted by Crippen LogP contribution is -2.46. The molecule has 0 heterocycles. The minimum Gasteiger partial charge on any atom is -0.435 e. The van der Waals surface area contributed by atoms with Crippen molar-refractivity contribution < 1.29 is 13.5 Å². The van der Waals surface area contributed by atoms with Gasteiger partial charge in [-0.2, -0.15) is 8.78 Å². The van der Waals surface area contributed by atoms with E-state index in [0.717, 1.165) is 12.0 Å². The summed E-state index contributed by atoms with van der Waals surface area (Å²) in [5.41, 5.74) is 1.05. The molecule has 0 unspecified atom stereocenters. The minimum absolute atomic E-state index is 0.181. The standard InChI is InChI=1S/C17H24F2N2OS/c1-12-4-2-3-5-15(12)21-17(23)20-11-10-13-6-8-14(9-7-13)22-16(18)19/h6-9,12,15-16H,2-5,10-11H2,1H3,(H2,20,21,23)/t12-,15+/m1/s1. The molecular weight excluding hydrogens is 318 g/mol. The van der Waals surface area contributed by atoms with Crippen molar-refractivity contribution in [2.45, 2.75) is 51.7 Å². The lowest BCUT2D eigenvalue weighted by Gasteiger charge is -2.30. The number of alkyl halides is 2. The first-order valence-electron chi connectivity index (χ1n) is 8.12. The van der Waals surface area contributed by atoms with Crippen molar-refractivity contribution in [3.8, 4) is 5.75 Å². The van der Waals surface area contributed by atoms with Gasteiger partial charge in [0.25, 0.3) is 0 Å². The Morgan fingerprint density at radius 1 is 1.26 bits per heavy atom. The highest BCUT2D eigenvalue weighted by molar-refractivity contribution is 7.80. The van der Waals surface area contributed by atoms with Crippen LogP contribution in [0.2, 0.25) is 0 Å². The quantitative estimate of drug-likeness (QED) is 0.769. The molecule has 0 amide bonds. The highest BCUT2D eigenvalue weighted by Crippen LogP contribution is 2.23. The molecule has 1 aromatic carbocycles. The minimum atomic E-state index is -2.78. The molecule has 23 heavy (non-hydrogen) atoms. The Labute approximate surface area is 141 Å². The van der Waals surface area contributed by atoms with E-state index in [9.17, 15) is 8.78 Å². The Hall–Kier alpha value is -1.43. The van der Waals surface area contributed by atoms with Crippen LogP contribution in [-0.4, -0.2) is 24.3 Å². The van der Waals surface area contributed by atoms with Gasteiger partial charge in [0.15, 0.2) is 5.11 Å². The fourth-order valence-electron chi connectivity index (χ4n) is 2.91. The van der Waals surface area contributed by atoms with Gasteiger partial charge in [-0.05, 0) is 55.1 Å². The molecular formula is C17H24F2N2OS. The number of hydrogen-bond donors (Lipinski definition) is 2. The van der Waals surface area contributed by atoms with Gasteiger partial charge < -0.3 is 15.4 Å². The third-order valence-electron chi connectivity index (χ3n) is 4.28. The van der Waals surface area contributed by atoms with Gasteiger partial charge >= 0.3 is 6.61 Å². The molecule has 0 aromatic heterocycles. The van der Waals surface area contributed by atoms with E-state index in [4.69, 9.17) is 12.2 Å². The zero-order valence-electron chi connectivity index (χ0n) is 13.4. The third-order valence-corrected chi connectivity index (χ3v) is 4.54. The summed E-state index contributed by atoms with van der Waals surface area (Å²) in [4.78, 5) is 0. The number of thiocarbonyl (C=S) groups is 1. The van der Waals surface area contributed by atoms with Crippen LogP contribution < -0.4 is 15.4 Å². The summed E-state index contributed by atoms with van der Waals surface area (Å²) in [6, 6.07) is 7.16. The van der Waals surface area contributed by atoms with Crippen LogP contribution >= 0.6 is 12.2 Å². The molecule has 0 spiro atoms. The lowest BCUT2D eigenvalue weighted by atomic mass is 9.86. The summed E-state index contributed by atoms with van der Waals surface area (Å²) < 4.78 is 28.5. The van der Waals surface area contributed by atoms with Crippen LogP contribution in [0.1, 0.15) is 38.2 Å². The summed E-state index contributed by atoms with van der Waals surface area (Å²) in [6.07, 6.45) is 5.78. The van der Waals surface area contributed by atoms with Crippen molar-refractivity contribution in [1.29, 1.82) is 0 Å². The van der Waals surface area contributed by atoms with Gasteiger partial charge in [0.2, 0.25) is 0 Å². The van der Waals surface area contributed by atoms with Crippen molar-refractivity contribution in [1.82, 2.24) is 10.6 Å². The van der Waals surface area contributed by atoms with Crippen molar-refractivity contribution in [3.05, 3.63) is 29.8 Å². The number of hydrogen-bond acceptors (Lipinski definition) is 2. The fraction of sp³-hybridized carbons (Fsp3) is 0.588. The monoisotopic (exact) mass is 342 g/mol. The summed E-state index contributed by atoms with van der Waals surface area (Å²) in [7, 11) is 0. The van der Waals surface area contributed by atoms with Gasteiger partial charge in [0, 0.05) is 12.6 Å². The van der Waals surface area contributed by atoms with Gasteiger partial charge in [0.1, 0.15) is 5.75 Å². The molecule has 0 bridgehead atoms. The van der Waals surface area contributed by atoms with E-state index in [1.165, 1.54) is 25.7 Å². The Kier molecular flexibility index (Phi) is 7.02. The van der Waals surface area contributed by atoms with E-state index in [0.29, 0.717) is 23.6 Å². The summed E-state index contributed by atoms with van der Waals surface area (Å²) >= 11 is 5.35. The largest absolute Gasteiger partial charge is 0.435 e. The van der Waals surface area contributed by atoms with E-state index in [-0.39, 0.29) is 5.75 Å². The van der Waals surface area contributed by atoms with E-state index >= 15 is 0 Å². The van der Waals surface area contributed by atoms with Gasteiger partial charge in [-0.15, -0.1) is 0 Å². The van der Waals surface area contributed by atoms with Crippen LogP contribution in [0.15, 0.2) is 24.3 Å². The number of nitrogens with one attached hydrogen (secondary N) is 2. The Morgan fingerprint density at radius 3 is 2.61 bits per heavy atom. The smallest absolute Gasteiger partial charge is 0.387 e. The van der Waals surface area contributed by atoms with Crippen LogP contribution in [-0.2, 0) is 6.42 Å². The molecule has 2 rings (SSSR count). The SMILES string of the molecule is C[C@@H]1CCCC[C@@H]1NC(=S)NCCc1ccc(OC(F)F)cc1. The second kappa shape index (κ2) is 9.01. The molecule has 2 atom stereocenters. The Morgan fingerprint density at radius 2 is 1.96 bits per heavy atom. The highest BCUT2D eigenvalue weighted by atomic mass is 32.1. The normalized spacial score (nSPS) is 21.0. The van der Waals surface area contributed by atoms with Crippen LogP contribution in [0.4, 0.5) is 8.78 Å². The van der Waals surface area contributed by atoms with Crippen LogP contribution in [0.3, 0.4) is 0 Å². The maximum absolute atomic E-state index is 12.1. The zero-order chi connectivity index (χ0) is 16.7. The molecule has 1 saturated carbocycles. The first-order chi connectivity index (χ1) is 11.0. The first kappa shape index (κ1) is 17.9. The average Bonchev–Trinajstić information content (AvgIpc) is 2.51. The van der Waals surface area contributed by atoms with E-state index in [1.807, 2.05) is 0 Å². The lowest BCUT2D eigenvalue weighted by molar-refractivity contribution is -0.0498. The van der Waals surface area contributed by atoms with E-state index in [2.05, 4.69) is 22.3 Å². The molecule has 1 aromatic rings. The number of halogens is 2. The molecule has 128 valence electrons. The Balaban J connectivity index is 1.68. The number of rotatable bonds is 6. The molecule has 2 N–H and O–H groups in total. The third kappa shape index (κ3) is 6.29. The van der Waals surface area contributed by atoms with Crippen LogP contribution in [0.25, 0.3) is 0 Å². The molecule has 0 saturated heterocycles. The van der Waals surface area contributed by atoms with Crippen LogP contribution in [0, 0.1) is 5.92 Å². The molecule has 0 aliphatic heterocycles. The maximum Gasteiger partial charge on any atom is 0.387 e. The summed E-state index contributed by atoms with van der Waals surface area (Å²) in [5.74, 6) is 0.839. The second-order valence-corrected chi connectivity index (χ2v) is 6.45. The Bertz CT molecular complexity index is 496. The zero-order valence-corrected chi connectivity index (χ0v) is 14.2. The van der Waals surface area contributed by atoms with Gasteiger partial charge in [-0.25, -0.2) is 0 Å². The van der Waals surface area contributed by atoms with Gasteiger partial charge in [-0.3, -0.25) is 0 Å². The predicted octanol–water partition coefficient (Wildman–Crippen LogP) is 3.87. The van der Waals surface area contributed by atoms with Gasteiger partial charge in [-0.1, -0.05) is 31.9 Å². The summed E-state index contributed by atoms with van der Waals surface area (Å²) in [6.45, 7) is 0.193. The molecule has 1 fully saturated rings. The van der Waals surface area contributed by atoms with Crippen LogP contribution in [0.5, 0.6) is 5.75 Å². The number of benzene rings is 1. The second-order valence-electron chi connectivity index (χ2n) is 6.04. The van der Waals surface area contributed by atoms with Crippen molar-refractivity contribution >= 4 is 17.3 Å². The van der Waals surface area contributed by atoms with Crippen molar-refractivity contribution in [2.75, 3.05) is 6.54 Å². The molecule has 1 aliphatic carbocycles. The molecule has 3 nitrogen and oxygen atoms in total. The van der Waals surface area contributed by atoms with Gasteiger partial charge in [0.05, 0.1) is 0 Å². The molecule has 1 aliphatic rings. The topological polar surface area (TPSA) is 33.3 Å². The average molecular weight is 342 g/mol. The molecule has 6 heteroatoms. The fourth-order valence-corrected chi connectivity index (χ4v) is 3.16. The predicted molar refractivity (Wildman–Crippen MR) is 91.9 cm³/mol. The van der Waals surface area contributed by atoms with Crippen molar-refractivity contribution in [2.24, 2.45) is 5.92 Å². The molecule has 0 radical (unpaired) electrons.